The molecule has 2 aliphatic rings. The monoisotopic (exact) mass is 649 g/mol. The molecular weight excluding hydrogens is 606 g/mol. The van der Waals surface area contributed by atoms with E-state index in [1.807, 2.05) is 86.3 Å². The first-order valence-corrected chi connectivity index (χ1v) is 16.5. The lowest BCUT2D eigenvalue weighted by atomic mass is 9.79. The first kappa shape index (κ1) is 33.0. The predicted octanol–water partition coefficient (Wildman–Crippen LogP) is 7.04. The Hall–Kier alpha value is -4.96. The lowest BCUT2D eigenvalue weighted by Crippen LogP contribution is -2.48. The van der Waals surface area contributed by atoms with Crippen molar-refractivity contribution in [3.8, 4) is 11.3 Å². The molecule has 3 heterocycles. The first-order valence-electron chi connectivity index (χ1n) is 16.5. The van der Waals surface area contributed by atoms with Gasteiger partial charge in [0.2, 0.25) is 0 Å². The molecular formula is C38H43N5O5. The van der Waals surface area contributed by atoms with E-state index in [0.29, 0.717) is 47.5 Å². The summed E-state index contributed by atoms with van der Waals surface area (Å²) in [5, 5.41) is 1.81. The van der Waals surface area contributed by atoms with Crippen LogP contribution in [0.4, 0.5) is 15.3 Å². The van der Waals surface area contributed by atoms with Crippen molar-refractivity contribution < 1.29 is 23.9 Å². The second-order valence-electron chi connectivity index (χ2n) is 13.7. The van der Waals surface area contributed by atoms with Crippen molar-refractivity contribution in [1.82, 2.24) is 20.2 Å². The smallest absolute Gasteiger partial charge is 0.433 e. The maximum Gasteiger partial charge on any atom is 0.433 e. The molecule has 0 radical (unpaired) electrons. The molecule has 2 aliphatic heterocycles. The third-order valence-electron chi connectivity index (χ3n) is 9.06. The van der Waals surface area contributed by atoms with Gasteiger partial charge >= 0.3 is 12.2 Å². The second-order valence-corrected chi connectivity index (χ2v) is 13.7. The van der Waals surface area contributed by atoms with Crippen LogP contribution in [0.5, 0.6) is 0 Å². The van der Waals surface area contributed by atoms with Gasteiger partial charge in [0, 0.05) is 48.1 Å². The fourth-order valence-corrected chi connectivity index (χ4v) is 6.95. The molecule has 10 heteroatoms. The minimum Gasteiger partial charge on any atom is -0.451 e. The fourth-order valence-electron chi connectivity index (χ4n) is 6.95. The molecule has 1 atom stereocenters. The molecule has 1 aromatic heterocycles. The topological polar surface area (TPSA) is 104 Å². The SMILES string of the molecule is COC(=O)N(NC(=O)c1c(CN2CCC3(CCCN(C(=O)OC(C)(C)C)C3)C2)c(-c2ccccc2)nc2ccccc12)c1ccccc1. The zero-order valence-corrected chi connectivity index (χ0v) is 28.1. The molecule has 4 aromatic rings. The number of benzene rings is 3. The molecule has 1 spiro atoms. The van der Waals surface area contributed by atoms with Crippen molar-refractivity contribution in [2.24, 2.45) is 5.41 Å². The van der Waals surface area contributed by atoms with E-state index < -0.39 is 17.6 Å². The highest BCUT2D eigenvalue weighted by atomic mass is 16.6. The number of hydrogen-bond acceptors (Lipinski definition) is 7. The van der Waals surface area contributed by atoms with Crippen molar-refractivity contribution in [2.45, 2.75) is 52.2 Å². The van der Waals surface area contributed by atoms with Gasteiger partial charge in [-0.15, -0.1) is 0 Å². The van der Waals surface area contributed by atoms with E-state index in [9.17, 15) is 14.4 Å². The highest BCUT2D eigenvalue weighted by Crippen LogP contribution is 2.41. The van der Waals surface area contributed by atoms with Gasteiger partial charge in [-0.2, -0.15) is 5.01 Å². The van der Waals surface area contributed by atoms with Gasteiger partial charge in [-0.1, -0.05) is 66.7 Å². The van der Waals surface area contributed by atoms with Crippen molar-refractivity contribution >= 4 is 34.7 Å². The summed E-state index contributed by atoms with van der Waals surface area (Å²) in [5.41, 5.74) is 6.19. The average Bonchev–Trinajstić information content (AvgIpc) is 3.47. The van der Waals surface area contributed by atoms with Crippen molar-refractivity contribution in [3.63, 3.8) is 0 Å². The number of rotatable bonds is 5. The number of amides is 3. The van der Waals surface area contributed by atoms with Crippen LogP contribution >= 0.6 is 0 Å². The Balaban J connectivity index is 1.38. The van der Waals surface area contributed by atoms with Gasteiger partial charge in [-0.3, -0.25) is 15.1 Å². The van der Waals surface area contributed by atoms with Gasteiger partial charge in [0.05, 0.1) is 29.6 Å². The molecule has 48 heavy (non-hydrogen) atoms. The first-order chi connectivity index (χ1) is 23.1. The molecule has 3 amide bonds. The number of hydrazine groups is 1. The Bertz CT molecular complexity index is 1790. The molecule has 250 valence electrons. The van der Waals surface area contributed by atoms with E-state index in [4.69, 9.17) is 14.5 Å². The van der Waals surface area contributed by atoms with E-state index >= 15 is 0 Å². The number of carbonyl (C=O) groups is 3. The number of para-hydroxylation sites is 2. The Kier molecular flexibility index (Phi) is 9.37. The van der Waals surface area contributed by atoms with Crippen LogP contribution in [0.1, 0.15) is 56.0 Å². The Morgan fingerprint density at radius 1 is 0.896 bits per heavy atom. The van der Waals surface area contributed by atoms with E-state index in [1.54, 1.807) is 24.3 Å². The third kappa shape index (κ3) is 7.13. The highest BCUT2D eigenvalue weighted by Gasteiger charge is 2.43. The summed E-state index contributed by atoms with van der Waals surface area (Å²) in [5.74, 6) is -0.447. The molecule has 10 nitrogen and oxygen atoms in total. The van der Waals surface area contributed by atoms with Gasteiger partial charge in [0.15, 0.2) is 0 Å². The van der Waals surface area contributed by atoms with Crippen LogP contribution in [0, 0.1) is 5.41 Å². The lowest BCUT2D eigenvalue weighted by Gasteiger charge is -2.40. The zero-order chi connectivity index (χ0) is 33.9. The van der Waals surface area contributed by atoms with Crippen LogP contribution in [0.3, 0.4) is 0 Å². The Labute approximate surface area is 281 Å². The highest BCUT2D eigenvalue weighted by molar-refractivity contribution is 6.10. The number of nitrogens with zero attached hydrogens (tertiary/aromatic N) is 4. The van der Waals surface area contributed by atoms with E-state index in [-0.39, 0.29) is 11.5 Å². The molecule has 2 saturated heterocycles. The number of likely N-dealkylation sites (tertiary alicyclic amines) is 2. The maximum atomic E-state index is 14.5. The van der Waals surface area contributed by atoms with Crippen LogP contribution < -0.4 is 10.4 Å². The number of aromatic nitrogens is 1. The number of pyridine rings is 1. The predicted molar refractivity (Wildman–Crippen MR) is 185 cm³/mol. The Morgan fingerprint density at radius 3 is 2.29 bits per heavy atom. The summed E-state index contributed by atoms with van der Waals surface area (Å²) in [6.45, 7) is 9.04. The van der Waals surface area contributed by atoms with E-state index in [0.717, 1.165) is 48.5 Å². The van der Waals surface area contributed by atoms with Gasteiger partial charge < -0.3 is 14.4 Å². The van der Waals surface area contributed by atoms with Crippen molar-refractivity contribution in [3.05, 3.63) is 96.1 Å². The fraction of sp³-hybridized carbons (Fsp3) is 0.368. The number of anilines is 1. The summed E-state index contributed by atoms with van der Waals surface area (Å²) < 4.78 is 10.8. The lowest BCUT2D eigenvalue weighted by molar-refractivity contribution is 0.00530. The van der Waals surface area contributed by atoms with Gasteiger partial charge in [-0.05, 0) is 64.8 Å². The van der Waals surface area contributed by atoms with Crippen LogP contribution in [-0.2, 0) is 16.0 Å². The molecule has 0 saturated carbocycles. The number of fused-ring (bicyclic) bond motifs is 1. The van der Waals surface area contributed by atoms with Gasteiger partial charge in [0.1, 0.15) is 5.60 Å². The van der Waals surface area contributed by atoms with Crippen molar-refractivity contribution in [2.75, 3.05) is 38.3 Å². The van der Waals surface area contributed by atoms with Gasteiger partial charge in [-0.25, -0.2) is 14.6 Å². The normalized spacial score (nSPS) is 18.1. The minimum absolute atomic E-state index is 0.0657. The largest absolute Gasteiger partial charge is 0.451 e. The molecule has 3 aromatic carbocycles. The van der Waals surface area contributed by atoms with Crippen molar-refractivity contribution in [1.29, 1.82) is 0 Å². The van der Waals surface area contributed by atoms with Crippen LogP contribution in [-0.4, -0.2) is 71.8 Å². The maximum absolute atomic E-state index is 14.5. The number of piperidine rings is 1. The van der Waals surface area contributed by atoms with E-state index in [1.165, 1.54) is 7.11 Å². The van der Waals surface area contributed by atoms with Gasteiger partial charge in [0.25, 0.3) is 5.91 Å². The molecule has 2 fully saturated rings. The third-order valence-corrected chi connectivity index (χ3v) is 9.06. The quantitative estimate of drug-likeness (QED) is 0.231. The Morgan fingerprint density at radius 2 is 1.58 bits per heavy atom. The van der Waals surface area contributed by atoms with Crippen LogP contribution in [0.25, 0.3) is 22.2 Å². The summed E-state index contributed by atoms with van der Waals surface area (Å²) in [6.07, 6.45) is 1.88. The minimum atomic E-state index is -0.717. The number of nitrogens with one attached hydrogen (secondary N) is 1. The van der Waals surface area contributed by atoms with Crippen LogP contribution in [0.15, 0.2) is 84.9 Å². The molecule has 0 bridgehead atoms. The number of ether oxygens (including phenoxy) is 2. The molecule has 0 aliphatic carbocycles. The van der Waals surface area contributed by atoms with Crippen LogP contribution in [0.2, 0.25) is 0 Å². The molecule has 1 unspecified atom stereocenters. The molecule has 6 rings (SSSR count). The summed E-state index contributed by atoms with van der Waals surface area (Å²) >= 11 is 0. The molecule has 1 N–H and O–H groups in total. The zero-order valence-electron chi connectivity index (χ0n) is 28.1. The summed E-state index contributed by atoms with van der Waals surface area (Å²) in [4.78, 5) is 49.8. The van der Waals surface area contributed by atoms with E-state index in [2.05, 4.69) is 10.3 Å². The average molecular weight is 650 g/mol. The second kappa shape index (κ2) is 13.6. The number of carbonyl (C=O) groups excluding carboxylic acids is 3. The number of hydrogen-bond donors (Lipinski definition) is 1. The number of methoxy groups -OCH3 is 1. The summed E-state index contributed by atoms with van der Waals surface area (Å²) in [7, 11) is 1.28. The summed E-state index contributed by atoms with van der Waals surface area (Å²) in [6, 6.07) is 26.3. The standard InChI is InChI=1S/C38H43N5O5/c1-37(2,3)48-35(45)42-22-13-20-38(26-42)21-23-41(25-38)24-30-32(34(44)40-43(36(46)47-4)28-16-9-6-10-17-28)29-18-11-12-19-31(29)39-33(30)27-14-7-5-8-15-27/h5-12,14-19H,13,20-26H2,1-4H3,(H,40,44).